The van der Waals surface area contributed by atoms with Crippen LogP contribution in [0.15, 0.2) is 70.0 Å². The molecule has 29 heavy (non-hydrogen) atoms. The average Bonchev–Trinajstić information content (AvgIpc) is 2.69. The zero-order chi connectivity index (χ0) is 20.8. The summed E-state index contributed by atoms with van der Waals surface area (Å²) in [6, 6.07) is 10.4. The van der Waals surface area contributed by atoms with Crippen LogP contribution in [0.3, 0.4) is 0 Å². The first-order valence-electron chi connectivity index (χ1n) is 7.96. The van der Waals surface area contributed by atoms with Crippen LogP contribution in [-0.2, 0) is 0 Å². The monoisotopic (exact) mass is 447 g/mol. The minimum atomic E-state index is -0.547. The molecular formula is C18H11Cl2N5O3S. The Morgan fingerprint density at radius 2 is 1.93 bits per heavy atom. The normalized spacial score (nSPS) is 10.8. The van der Waals surface area contributed by atoms with Gasteiger partial charge in [0.2, 0.25) is 0 Å². The average molecular weight is 448 g/mol. The summed E-state index contributed by atoms with van der Waals surface area (Å²) < 4.78 is 0. The maximum atomic E-state index is 12.2. The largest absolute Gasteiger partial charge is 0.272 e. The quantitative estimate of drug-likeness (QED) is 0.255. The van der Waals surface area contributed by atoms with Gasteiger partial charge in [-0.3, -0.25) is 14.9 Å². The van der Waals surface area contributed by atoms with E-state index in [1.807, 2.05) is 0 Å². The molecule has 0 fully saturated rings. The first kappa shape index (κ1) is 20.7. The van der Waals surface area contributed by atoms with Gasteiger partial charge in [-0.2, -0.15) is 5.10 Å². The van der Waals surface area contributed by atoms with E-state index in [0.717, 1.165) is 0 Å². The van der Waals surface area contributed by atoms with E-state index in [-0.39, 0.29) is 16.3 Å². The maximum Gasteiger partial charge on any atom is 0.272 e. The number of hydrogen-bond acceptors (Lipinski definition) is 7. The number of hydrogen-bond donors (Lipinski definition) is 1. The number of aromatic nitrogens is 2. The lowest BCUT2D eigenvalue weighted by atomic mass is 10.2. The van der Waals surface area contributed by atoms with Crippen LogP contribution in [0.2, 0.25) is 10.0 Å². The second kappa shape index (κ2) is 9.46. The predicted molar refractivity (Wildman–Crippen MR) is 111 cm³/mol. The second-order valence-corrected chi connectivity index (χ2v) is 7.29. The third-order valence-electron chi connectivity index (χ3n) is 3.49. The van der Waals surface area contributed by atoms with E-state index in [9.17, 15) is 14.9 Å². The first-order chi connectivity index (χ1) is 13.9. The molecule has 1 heterocycles. The highest BCUT2D eigenvalue weighted by atomic mass is 35.5. The maximum absolute atomic E-state index is 12.2. The SMILES string of the molecule is O=C(N/N=C/c1cc([N+](=O)[O-])ccc1Sc1ncccn1)c1ccc(Cl)cc1Cl. The van der Waals surface area contributed by atoms with Crippen molar-refractivity contribution < 1.29 is 9.72 Å². The fraction of sp³-hybridized carbons (Fsp3) is 0. The summed E-state index contributed by atoms with van der Waals surface area (Å²) >= 11 is 13.0. The Morgan fingerprint density at radius 1 is 1.17 bits per heavy atom. The topological polar surface area (TPSA) is 110 Å². The molecule has 0 saturated carbocycles. The lowest BCUT2D eigenvalue weighted by molar-refractivity contribution is -0.384. The van der Waals surface area contributed by atoms with Crippen molar-refractivity contribution in [3.63, 3.8) is 0 Å². The van der Waals surface area contributed by atoms with Gasteiger partial charge in [-0.15, -0.1) is 0 Å². The zero-order valence-electron chi connectivity index (χ0n) is 14.5. The number of nitro benzene ring substituents is 1. The van der Waals surface area contributed by atoms with Crippen molar-refractivity contribution in [2.45, 2.75) is 10.1 Å². The molecular weight excluding hydrogens is 437 g/mol. The van der Waals surface area contributed by atoms with Crippen LogP contribution in [0, 0.1) is 10.1 Å². The third-order valence-corrected chi connectivity index (χ3v) is 5.03. The van der Waals surface area contributed by atoms with Crippen molar-refractivity contribution in [2.75, 3.05) is 0 Å². The van der Waals surface area contributed by atoms with Crippen molar-refractivity contribution in [3.05, 3.63) is 86.1 Å². The molecule has 0 aliphatic carbocycles. The molecule has 3 aromatic rings. The van der Waals surface area contributed by atoms with E-state index in [2.05, 4.69) is 20.5 Å². The molecule has 0 radical (unpaired) electrons. The van der Waals surface area contributed by atoms with Crippen molar-refractivity contribution >= 4 is 52.8 Å². The van der Waals surface area contributed by atoms with E-state index < -0.39 is 10.8 Å². The Balaban J connectivity index is 1.82. The fourth-order valence-electron chi connectivity index (χ4n) is 2.17. The number of amides is 1. The molecule has 146 valence electrons. The van der Waals surface area contributed by atoms with E-state index >= 15 is 0 Å². The van der Waals surface area contributed by atoms with Gasteiger partial charge in [0.05, 0.1) is 21.7 Å². The standard InChI is InChI=1S/C18H11Cl2N5O3S/c19-12-2-4-14(15(20)9-12)17(26)24-23-10-11-8-13(25(27)28)3-5-16(11)29-18-21-6-1-7-22-18/h1-10H,(H,24,26)/b23-10+. The summed E-state index contributed by atoms with van der Waals surface area (Å²) in [7, 11) is 0. The van der Waals surface area contributed by atoms with Crippen molar-refractivity contribution in [1.29, 1.82) is 0 Å². The lowest BCUT2D eigenvalue weighted by Gasteiger charge is -2.05. The predicted octanol–water partition coefficient (Wildman–Crippen LogP) is 4.61. The van der Waals surface area contributed by atoms with Crippen molar-refractivity contribution in [3.8, 4) is 0 Å². The molecule has 11 heteroatoms. The molecule has 0 aliphatic heterocycles. The highest BCUT2D eigenvalue weighted by molar-refractivity contribution is 7.99. The molecule has 3 rings (SSSR count). The molecule has 0 bridgehead atoms. The summed E-state index contributed by atoms with van der Waals surface area (Å²) in [5.74, 6) is -0.547. The van der Waals surface area contributed by atoms with Crippen LogP contribution in [0.4, 0.5) is 5.69 Å². The van der Waals surface area contributed by atoms with Gasteiger partial charge in [0.25, 0.3) is 11.6 Å². The Hall–Kier alpha value is -3.01. The van der Waals surface area contributed by atoms with E-state index in [1.54, 1.807) is 24.5 Å². The lowest BCUT2D eigenvalue weighted by Crippen LogP contribution is -2.18. The summed E-state index contributed by atoms with van der Waals surface area (Å²) in [6.45, 7) is 0. The number of nitro groups is 1. The first-order valence-corrected chi connectivity index (χ1v) is 9.53. The Labute approximate surface area is 179 Å². The molecule has 0 atom stereocenters. The van der Waals surface area contributed by atoms with Crippen LogP contribution >= 0.6 is 35.0 Å². The highest BCUT2D eigenvalue weighted by Gasteiger charge is 2.13. The van der Waals surface area contributed by atoms with Crippen molar-refractivity contribution in [1.82, 2.24) is 15.4 Å². The van der Waals surface area contributed by atoms with Gasteiger partial charge in [0.1, 0.15) is 0 Å². The van der Waals surface area contributed by atoms with E-state index in [4.69, 9.17) is 23.2 Å². The van der Waals surface area contributed by atoms with Gasteiger partial charge >= 0.3 is 0 Å². The highest BCUT2D eigenvalue weighted by Crippen LogP contribution is 2.29. The number of carbonyl (C=O) groups excluding carboxylic acids is 1. The van der Waals surface area contributed by atoms with E-state index in [1.165, 1.54) is 48.3 Å². The Bertz CT molecular complexity index is 1100. The number of benzene rings is 2. The van der Waals surface area contributed by atoms with Gasteiger partial charge in [0.15, 0.2) is 5.16 Å². The van der Waals surface area contributed by atoms with Crippen LogP contribution in [0.25, 0.3) is 0 Å². The second-order valence-electron chi connectivity index (χ2n) is 5.44. The molecule has 1 N–H and O–H groups in total. The van der Waals surface area contributed by atoms with Gasteiger partial charge in [0, 0.05) is 40.0 Å². The van der Waals surface area contributed by atoms with Crippen molar-refractivity contribution in [2.24, 2.45) is 5.10 Å². The van der Waals surface area contributed by atoms with Gasteiger partial charge in [-0.25, -0.2) is 15.4 Å². The summed E-state index contributed by atoms with van der Waals surface area (Å²) in [5.41, 5.74) is 2.84. The number of carbonyl (C=O) groups is 1. The third kappa shape index (κ3) is 5.50. The number of rotatable bonds is 6. The molecule has 1 amide bonds. The fourth-order valence-corrected chi connectivity index (χ4v) is 3.46. The van der Waals surface area contributed by atoms with E-state index in [0.29, 0.717) is 20.6 Å². The molecule has 0 spiro atoms. The minimum Gasteiger partial charge on any atom is -0.267 e. The Kier molecular flexibility index (Phi) is 6.76. The molecule has 0 aliphatic rings. The summed E-state index contributed by atoms with van der Waals surface area (Å²) in [4.78, 5) is 31.7. The number of halogens is 2. The number of nitrogens with zero attached hydrogens (tertiary/aromatic N) is 4. The van der Waals surface area contributed by atoms with Crippen LogP contribution in [-0.4, -0.2) is 27.0 Å². The zero-order valence-corrected chi connectivity index (χ0v) is 16.8. The molecule has 0 saturated heterocycles. The molecule has 8 nitrogen and oxygen atoms in total. The number of nitrogens with one attached hydrogen (secondary N) is 1. The van der Waals surface area contributed by atoms with Crippen LogP contribution in [0.5, 0.6) is 0 Å². The Morgan fingerprint density at radius 3 is 2.62 bits per heavy atom. The van der Waals surface area contributed by atoms with Gasteiger partial charge in [-0.05, 0) is 42.1 Å². The smallest absolute Gasteiger partial charge is 0.267 e. The summed E-state index contributed by atoms with van der Waals surface area (Å²) in [6.07, 6.45) is 4.48. The minimum absolute atomic E-state index is 0.114. The number of hydrazone groups is 1. The molecule has 2 aromatic carbocycles. The molecule has 0 unspecified atom stereocenters. The van der Waals surface area contributed by atoms with Gasteiger partial charge in [-0.1, -0.05) is 23.2 Å². The van der Waals surface area contributed by atoms with Gasteiger partial charge < -0.3 is 0 Å². The molecule has 1 aromatic heterocycles. The number of non-ortho nitro benzene ring substituents is 1. The summed E-state index contributed by atoms with van der Waals surface area (Å²) in [5, 5.41) is 16.0. The van der Waals surface area contributed by atoms with Crippen LogP contribution in [0.1, 0.15) is 15.9 Å². The van der Waals surface area contributed by atoms with Crippen LogP contribution < -0.4 is 5.43 Å².